The number of alkyl carbamates (subject to hydrolysis) is 1. The smallest absolute Gasteiger partial charge is 0.408 e. The molecule has 0 spiro atoms. The zero-order valence-electron chi connectivity index (χ0n) is 16.8. The van der Waals surface area contributed by atoms with Gasteiger partial charge in [0, 0.05) is 6.07 Å². The number of halogens is 1. The van der Waals surface area contributed by atoms with Crippen LogP contribution in [0.25, 0.3) is 0 Å². The first-order chi connectivity index (χ1) is 12.5. The molecule has 5 nitrogen and oxygen atoms in total. The summed E-state index contributed by atoms with van der Waals surface area (Å²) in [6, 6.07) is 4.09. The quantitative estimate of drug-likeness (QED) is 0.594. The molecule has 0 saturated heterocycles. The van der Waals surface area contributed by atoms with Crippen molar-refractivity contribution in [2.45, 2.75) is 46.3 Å². The molecular formula is C21H28FNO4. The fourth-order valence-electron chi connectivity index (χ4n) is 2.09. The Bertz CT molecular complexity index is 726. The number of nitrogens with one attached hydrogen (secondary N) is 1. The van der Waals surface area contributed by atoms with Crippen molar-refractivity contribution in [3.8, 4) is 17.6 Å². The standard InChI is InChI=1S/C21H28FNO4/c1-14(2)19(15(3)25-7)26-18-13-17(22)11-10-16(18)9-8-12-23-20(24)27-21(4,5)6/h10-11,13-14,19H,3,12H2,1-2,4-7H3,(H,23,24)/t19-/m1/s1. The van der Waals surface area contributed by atoms with Gasteiger partial charge in [0.25, 0.3) is 0 Å². The number of methoxy groups -OCH3 is 1. The summed E-state index contributed by atoms with van der Waals surface area (Å²) in [7, 11) is 1.51. The van der Waals surface area contributed by atoms with Crippen LogP contribution >= 0.6 is 0 Å². The van der Waals surface area contributed by atoms with E-state index in [2.05, 4.69) is 23.7 Å². The molecule has 0 aliphatic carbocycles. The summed E-state index contributed by atoms with van der Waals surface area (Å²) in [5.74, 6) is 6.04. The Kier molecular flexibility index (Phi) is 8.17. The van der Waals surface area contributed by atoms with Crippen molar-refractivity contribution in [3.05, 3.63) is 41.9 Å². The molecule has 1 N–H and O–H groups in total. The van der Waals surface area contributed by atoms with Crippen LogP contribution < -0.4 is 10.1 Å². The minimum absolute atomic E-state index is 0.0651. The van der Waals surface area contributed by atoms with Gasteiger partial charge in [-0.1, -0.05) is 32.3 Å². The van der Waals surface area contributed by atoms with Crippen molar-refractivity contribution in [1.82, 2.24) is 5.32 Å². The van der Waals surface area contributed by atoms with E-state index in [-0.39, 0.29) is 18.2 Å². The van der Waals surface area contributed by atoms with Crippen molar-refractivity contribution in [2.24, 2.45) is 5.92 Å². The van der Waals surface area contributed by atoms with Crippen molar-refractivity contribution < 1.29 is 23.4 Å². The molecule has 0 radical (unpaired) electrons. The van der Waals surface area contributed by atoms with Crippen LogP contribution in [0.3, 0.4) is 0 Å². The highest BCUT2D eigenvalue weighted by Crippen LogP contribution is 2.25. The predicted molar refractivity (Wildman–Crippen MR) is 103 cm³/mol. The van der Waals surface area contributed by atoms with E-state index in [9.17, 15) is 9.18 Å². The van der Waals surface area contributed by atoms with Crippen molar-refractivity contribution in [2.75, 3.05) is 13.7 Å². The van der Waals surface area contributed by atoms with Gasteiger partial charge in [0.2, 0.25) is 0 Å². The molecule has 1 rings (SSSR count). The van der Waals surface area contributed by atoms with E-state index < -0.39 is 23.6 Å². The number of benzene rings is 1. The number of ether oxygens (including phenoxy) is 3. The van der Waals surface area contributed by atoms with Crippen LogP contribution in [0.5, 0.6) is 5.75 Å². The van der Waals surface area contributed by atoms with E-state index in [4.69, 9.17) is 14.2 Å². The summed E-state index contributed by atoms with van der Waals surface area (Å²) in [4.78, 5) is 11.6. The van der Waals surface area contributed by atoms with Gasteiger partial charge in [0.05, 0.1) is 19.2 Å². The Morgan fingerprint density at radius 2 is 2.00 bits per heavy atom. The minimum atomic E-state index is -0.578. The lowest BCUT2D eigenvalue weighted by atomic mass is 10.1. The Labute approximate surface area is 160 Å². The van der Waals surface area contributed by atoms with Crippen LogP contribution in [0.4, 0.5) is 9.18 Å². The minimum Gasteiger partial charge on any atom is -0.498 e. The molecule has 0 aromatic heterocycles. The van der Waals surface area contributed by atoms with Gasteiger partial charge in [-0.05, 0) is 38.8 Å². The first-order valence-corrected chi connectivity index (χ1v) is 8.68. The molecule has 0 aliphatic heterocycles. The van der Waals surface area contributed by atoms with Gasteiger partial charge in [-0.25, -0.2) is 9.18 Å². The third-order valence-corrected chi connectivity index (χ3v) is 3.33. The van der Waals surface area contributed by atoms with E-state index in [0.29, 0.717) is 11.3 Å². The molecule has 1 aromatic rings. The number of amides is 1. The predicted octanol–water partition coefficient (Wildman–Crippen LogP) is 4.27. The number of carbonyl (C=O) groups is 1. The molecule has 1 atom stereocenters. The van der Waals surface area contributed by atoms with Gasteiger partial charge in [0.15, 0.2) is 6.10 Å². The number of rotatable bonds is 6. The first kappa shape index (κ1) is 22.4. The average Bonchev–Trinajstić information content (AvgIpc) is 2.55. The third-order valence-electron chi connectivity index (χ3n) is 3.33. The SMILES string of the molecule is C=C(OC)[C@H](Oc1cc(F)ccc1C#CCNC(=O)OC(C)(C)C)C(C)C. The van der Waals surface area contributed by atoms with Gasteiger partial charge in [-0.3, -0.25) is 0 Å². The maximum Gasteiger partial charge on any atom is 0.408 e. The monoisotopic (exact) mass is 377 g/mol. The van der Waals surface area contributed by atoms with E-state index >= 15 is 0 Å². The fraction of sp³-hybridized carbons (Fsp3) is 0.476. The molecule has 27 heavy (non-hydrogen) atoms. The van der Waals surface area contributed by atoms with Crippen LogP contribution in [0, 0.1) is 23.6 Å². The molecule has 0 saturated carbocycles. The van der Waals surface area contributed by atoms with Crippen LogP contribution in [0.2, 0.25) is 0 Å². The second-order valence-corrected chi connectivity index (χ2v) is 7.25. The highest BCUT2D eigenvalue weighted by molar-refractivity contribution is 5.68. The summed E-state index contributed by atoms with van der Waals surface area (Å²) in [6.07, 6.45) is -0.999. The molecule has 0 heterocycles. The van der Waals surface area contributed by atoms with Gasteiger partial charge >= 0.3 is 6.09 Å². The molecule has 1 amide bonds. The molecule has 6 heteroatoms. The molecular weight excluding hydrogens is 349 g/mol. The number of hydrogen-bond donors (Lipinski definition) is 1. The summed E-state index contributed by atoms with van der Waals surface area (Å²) < 4.78 is 29.9. The van der Waals surface area contributed by atoms with Crippen LogP contribution in [-0.2, 0) is 9.47 Å². The lowest BCUT2D eigenvalue weighted by molar-refractivity contribution is 0.0535. The van der Waals surface area contributed by atoms with Crippen LogP contribution in [0.15, 0.2) is 30.5 Å². The van der Waals surface area contributed by atoms with Gasteiger partial charge in [0.1, 0.15) is 22.9 Å². The lowest BCUT2D eigenvalue weighted by Gasteiger charge is -2.24. The van der Waals surface area contributed by atoms with Crippen LogP contribution in [0.1, 0.15) is 40.2 Å². The normalized spacial score (nSPS) is 11.9. The number of carbonyl (C=O) groups excluding carboxylic acids is 1. The zero-order valence-corrected chi connectivity index (χ0v) is 16.8. The third kappa shape index (κ3) is 8.04. The summed E-state index contributed by atoms with van der Waals surface area (Å²) in [5.41, 5.74) is -0.0811. The van der Waals surface area contributed by atoms with Crippen molar-refractivity contribution in [3.63, 3.8) is 0 Å². The Balaban J connectivity index is 2.89. The van der Waals surface area contributed by atoms with Gasteiger partial charge < -0.3 is 19.5 Å². The van der Waals surface area contributed by atoms with Gasteiger partial charge in [-0.15, -0.1) is 0 Å². The van der Waals surface area contributed by atoms with Crippen molar-refractivity contribution >= 4 is 6.09 Å². The van der Waals surface area contributed by atoms with E-state index in [0.717, 1.165) is 0 Å². The molecule has 1 aromatic carbocycles. The molecule has 0 fully saturated rings. The zero-order chi connectivity index (χ0) is 20.6. The summed E-state index contributed by atoms with van der Waals surface area (Å²) in [6.45, 7) is 13.1. The fourth-order valence-corrected chi connectivity index (χ4v) is 2.09. The Morgan fingerprint density at radius 1 is 1.33 bits per heavy atom. The first-order valence-electron chi connectivity index (χ1n) is 8.68. The Morgan fingerprint density at radius 3 is 2.56 bits per heavy atom. The summed E-state index contributed by atoms with van der Waals surface area (Å²) >= 11 is 0. The van der Waals surface area contributed by atoms with E-state index in [1.54, 1.807) is 20.8 Å². The topological polar surface area (TPSA) is 56.8 Å². The van der Waals surface area contributed by atoms with E-state index in [1.165, 1.54) is 25.3 Å². The van der Waals surface area contributed by atoms with Crippen molar-refractivity contribution in [1.29, 1.82) is 0 Å². The second-order valence-electron chi connectivity index (χ2n) is 7.25. The molecule has 0 aliphatic rings. The molecule has 0 unspecified atom stereocenters. The Hall–Kier alpha value is -2.68. The van der Waals surface area contributed by atoms with Crippen LogP contribution in [-0.4, -0.2) is 31.5 Å². The lowest BCUT2D eigenvalue weighted by Crippen LogP contribution is -2.32. The van der Waals surface area contributed by atoms with E-state index in [1.807, 2.05) is 13.8 Å². The summed E-state index contributed by atoms with van der Waals surface area (Å²) in [5, 5.41) is 2.54. The second kappa shape index (κ2) is 9.86. The number of hydrogen-bond acceptors (Lipinski definition) is 4. The maximum absolute atomic E-state index is 13.7. The largest absolute Gasteiger partial charge is 0.498 e. The molecule has 0 bridgehead atoms. The highest BCUT2D eigenvalue weighted by atomic mass is 19.1. The average molecular weight is 377 g/mol. The van der Waals surface area contributed by atoms with Gasteiger partial charge in [-0.2, -0.15) is 0 Å². The maximum atomic E-state index is 13.7. The molecule has 148 valence electrons. The highest BCUT2D eigenvalue weighted by Gasteiger charge is 2.21.